The van der Waals surface area contributed by atoms with Gasteiger partial charge in [-0.15, -0.1) is 18.0 Å². The van der Waals surface area contributed by atoms with E-state index >= 15 is 0 Å². The molecule has 0 spiro atoms. The van der Waals surface area contributed by atoms with Crippen LogP contribution in [0.15, 0.2) is 48.6 Å². The molecule has 0 saturated carbocycles. The van der Waals surface area contributed by atoms with Crippen LogP contribution in [0.3, 0.4) is 0 Å². The summed E-state index contributed by atoms with van der Waals surface area (Å²) in [6.07, 6.45) is 10.0. The van der Waals surface area contributed by atoms with E-state index < -0.39 is 0 Å². The van der Waals surface area contributed by atoms with Gasteiger partial charge in [-0.3, -0.25) is 6.08 Å². The molecule has 2 heteroatoms. The summed E-state index contributed by atoms with van der Waals surface area (Å²) in [7, 11) is 0. The molecule has 2 rings (SSSR count). The summed E-state index contributed by atoms with van der Waals surface area (Å²) >= 11 is 5.53. The molecule has 0 unspecified atom stereocenters. The van der Waals surface area contributed by atoms with Gasteiger partial charge in [0.1, 0.15) is 0 Å². The number of rotatable bonds is 1. The minimum atomic E-state index is 0. The van der Waals surface area contributed by atoms with Crippen molar-refractivity contribution in [2.45, 2.75) is 12.3 Å². The maximum Gasteiger partial charge on any atom is 2.00 e. The van der Waals surface area contributed by atoms with Crippen LogP contribution in [-0.4, -0.2) is 0 Å². The molecule has 0 radical (unpaired) electrons. The summed E-state index contributed by atoms with van der Waals surface area (Å²) < 4.78 is 0. The first-order valence-electron chi connectivity index (χ1n) is 4.25. The first-order chi connectivity index (χ1) is 6.43. The number of allylic oxidation sites excluding steroid dienone is 4. The van der Waals surface area contributed by atoms with Gasteiger partial charge in [0.15, 0.2) is 0 Å². The smallest absolute Gasteiger partial charge is 0.273 e. The molecule has 0 nitrogen and oxygen atoms in total. The molecule has 0 amide bonds. The summed E-state index contributed by atoms with van der Waals surface area (Å²) in [4.78, 5) is 0. The predicted octanol–water partition coefficient (Wildman–Crippen LogP) is 3.73. The Hall–Kier alpha value is -0.127. The fourth-order valence-electron chi connectivity index (χ4n) is 0.907. The monoisotopic (exact) mass is 281 g/mol. The third kappa shape index (κ3) is 6.35. The second-order valence-corrected chi connectivity index (χ2v) is 2.89. The number of hydrogen-bond donors (Lipinski definition) is 0. The van der Waals surface area contributed by atoms with Crippen molar-refractivity contribution < 1.29 is 26.2 Å². The molecule has 0 aromatic heterocycles. The van der Waals surface area contributed by atoms with Gasteiger partial charge < -0.3 is 0 Å². The fourth-order valence-corrected chi connectivity index (χ4v) is 1.09. The topological polar surface area (TPSA) is 0 Å². The Kier molecular flexibility index (Phi) is 9.34. The molecule has 1 aliphatic carbocycles. The Labute approximate surface area is 110 Å². The van der Waals surface area contributed by atoms with Crippen molar-refractivity contribution in [2.75, 3.05) is 0 Å². The van der Waals surface area contributed by atoms with Crippen molar-refractivity contribution in [3.8, 4) is 0 Å². The normalized spacial score (nSPS) is 11.5. The van der Waals surface area contributed by atoms with Gasteiger partial charge in [-0.25, -0.2) is 12.2 Å². The van der Waals surface area contributed by atoms with Gasteiger partial charge in [0, 0.05) is 5.88 Å². The SMILES string of the molecule is ClCc1ccccc1.[C-]1=CC=CC1.[Zr+2]. The molecule has 70 valence electrons. The summed E-state index contributed by atoms with van der Waals surface area (Å²) in [5, 5.41) is 0. The zero-order valence-corrected chi connectivity index (χ0v) is 11.1. The minimum absolute atomic E-state index is 0. The van der Waals surface area contributed by atoms with Crippen molar-refractivity contribution in [1.29, 1.82) is 0 Å². The minimum Gasteiger partial charge on any atom is -0.273 e. The van der Waals surface area contributed by atoms with Crippen LogP contribution < -0.4 is 0 Å². The van der Waals surface area contributed by atoms with Crippen molar-refractivity contribution >= 4 is 11.6 Å². The van der Waals surface area contributed by atoms with Gasteiger partial charge >= 0.3 is 26.2 Å². The summed E-state index contributed by atoms with van der Waals surface area (Å²) in [5.74, 6) is 0.612. The number of halogens is 1. The van der Waals surface area contributed by atoms with Crippen LogP contribution in [-0.2, 0) is 32.1 Å². The van der Waals surface area contributed by atoms with Gasteiger partial charge in [0.05, 0.1) is 0 Å². The van der Waals surface area contributed by atoms with E-state index in [4.69, 9.17) is 11.6 Å². The van der Waals surface area contributed by atoms with E-state index in [2.05, 4.69) is 12.2 Å². The molecule has 0 atom stereocenters. The molecule has 0 fully saturated rings. The van der Waals surface area contributed by atoms with Crippen LogP contribution in [0.1, 0.15) is 12.0 Å². The van der Waals surface area contributed by atoms with Crippen LogP contribution in [0.5, 0.6) is 0 Å². The van der Waals surface area contributed by atoms with E-state index in [0.29, 0.717) is 5.88 Å². The maximum absolute atomic E-state index is 5.53. The summed E-state index contributed by atoms with van der Waals surface area (Å²) in [5.41, 5.74) is 1.18. The number of benzene rings is 1. The molecular formula is C12H12ClZr+. The molecular weight excluding hydrogens is 271 g/mol. The second kappa shape index (κ2) is 9.43. The largest absolute Gasteiger partial charge is 2.00 e. The molecule has 0 aliphatic heterocycles. The molecule has 0 N–H and O–H groups in total. The van der Waals surface area contributed by atoms with Crippen LogP contribution in [0.4, 0.5) is 0 Å². The van der Waals surface area contributed by atoms with Gasteiger partial charge in [-0.2, -0.15) is 6.08 Å². The second-order valence-electron chi connectivity index (χ2n) is 2.62. The van der Waals surface area contributed by atoms with Crippen molar-refractivity contribution in [3.05, 3.63) is 60.2 Å². The fraction of sp³-hybridized carbons (Fsp3) is 0.167. The van der Waals surface area contributed by atoms with Crippen LogP contribution in [0, 0.1) is 6.08 Å². The Morgan fingerprint density at radius 3 is 2.21 bits per heavy atom. The van der Waals surface area contributed by atoms with E-state index in [0.717, 1.165) is 6.42 Å². The standard InChI is InChI=1S/C7H7Cl.C5H5.Zr/c8-6-7-4-2-1-3-5-7;1-2-4-5-3-1;/h1-5H,6H2;1-3H,4H2;/q;-1;+2. The third-order valence-corrected chi connectivity index (χ3v) is 1.89. The van der Waals surface area contributed by atoms with Crippen LogP contribution in [0.2, 0.25) is 0 Å². The molecule has 0 heterocycles. The Morgan fingerprint density at radius 2 is 1.93 bits per heavy atom. The Balaban J connectivity index is 0.000000246. The molecule has 0 bridgehead atoms. The van der Waals surface area contributed by atoms with Crippen LogP contribution >= 0.6 is 11.6 Å². The Bertz CT molecular complexity index is 268. The summed E-state index contributed by atoms with van der Waals surface area (Å²) in [6.45, 7) is 0. The zero-order valence-electron chi connectivity index (χ0n) is 7.91. The molecule has 1 aromatic rings. The first kappa shape index (κ1) is 13.9. The average Bonchev–Trinajstić information content (AvgIpc) is 2.77. The van der Waals surface area contributed by atoms with E-state index in [1.54, 1.807) is 0 Å². The first-order valence-corrected chi connectivity index (χ1v) is 4.78. The van der Waals surface area contributed by atoms with Gasteiger partial charge in [0.25, 0.3) is 0 Å². The number of hydrogen-bond acceptors (Lipinski definition) is 0. The number of alkyl halides is 1. The van der Waals surface area contributed by atoms with E-state index in [-0.39, 0.29) is 26.2 Å². The maximum atomic E-state index is 5.53. The van der Waals surface area contributed by atoms with E-state index in [9.17, 15) is 0 Å². The van der Waals surface area contributed by atoms with E-state index in [1.807, 2.05) is 42.5 Å². The van der Waals surface area contributed by atoms with Gasteiger partial charge in [-0.05, 0) is 5.56 Å². The van der Waals surface area contributed by atoms with Gasteiger partial charge in [0.2, 0.25) is 0 Å². The molecule has 14 heavy (non-hydrogen) atoms. The average molecular weight is 283 g/mol. The molecule has 1 aromatic carbocycles. The summed E-state index contributed by atoms with van der Waals surface area (Å²) in [6, 6.07) is 9.96. The van der Waals surface area contributed by atoms with Gasteiger partial charge in [-0.1, -0.05) is 30.3 Å². The molecule has 0 saturated heterocycles. The van der Waals surface area contributed by atoms with Crippen molar-refractivity contribution in [1.82, 2.24) is 0 Å². The predicted molar refractivity (Wildman–Crippen MR) is 57.6 cm³/mol. The van der Waals surface area contributed by atoms with Crippen molar-refractivity contribution in [2.24, 2.45) is 0 Å². The van der Waals surface area contributed by atoms with E-state index in [1.165, 1.54) is 5.56 Å². The quantitative estimate of drug-likeness (QED) is 0.544. The Morgan fingerprint density at radius 1 is 1.21 bits per heavy atom. The van der Waals surface area contributed by atoms with Crippen molar-refractivity contribution in [3.63, 3.8) is 0 Å². The van der Waals surface area contributed by atoms with Crippen LogP contribution in [0.25, 0.3) is 0 Å². The third-order valence-electron chi connectivity index (χ3n) is 1.58. The molecule has 1 aliphatic rings. The zero-order chi connectivity index (χ0) is 9.36.